The molecule has 3 aromatic heterocycles. The number of pyridine rings is 1. The third-order valence-electron chi connectivity index (χ3n) is 3.44. The number of rotatable bonds is 1. The molecule has 5 heteroatoms. The lowest BCUT2D eigenvalue weighted by Gasteiger charge is -2.00. The first-order valence-corrected chi connectivity index (χ1v) is 6.58. The molecule has 3 heterocycles. The Bertz CT molecular complexity index is 980. The first kappa shape index (κ1) is 11.4. The van der Waals surface area contributed by atoms with E-state index in [0.29, 0.717) is 5.02 Å². The van der Waals surface area contributed by atoms with E-state index in [1.54, 1.807) is 6.07 Å². The van der Waals surface area contributed by atoms with Crippen LogP contribution >= 0.6 is 11.6 Å². The summed E-state index contributed by atoms with van der Waals surface area (Å²) in [5.41, 5.74) is 4.23. The highest BCUT2D eigenvalue weighted by atomic mass is 35.5. The van der Waals surface area contributed by atoms with Crippen LogP contribution in [0.25, 0.3) is 33.2 Å². The molecule has 4 aromatic rings. The van der Waals surface area contributed by atoms with Gasteiger partial charge in [0, 0.05) is 39.4 Å². The second-order valence-corrected chi connectivity index (χ2v) is 5.13. The second kappa shape index (κ2) is 4.02. The number of hydrogen-bond acceptors (Lipinski definition) is 1. The van der Waals surface area contributed by atoms with E-state index in [9.17, 15) is 4.79 Å². The van der Waals surface area contributed by atoms with Crippen LogP contribution in [0.2, 0.25) is 5.02 Å². The summed E-state index contributed by atoms with van der Waals surface area (Å²) in [7, 11) is 0. The predicted octanol–water partition coefficient (Wildman–Crippen LogP) is 3.66. The first-order chi connectivity index (χ1) is 9.72. The molecule has 20 heavy (non-hydrogen) atoms. The molecule has 0 amide bonds. The van der Waals surface area contributed by atoms with Gasteiger partial charge >= 0.3 is 0 Å². The van der Waals surface area contributed by atoms with Crippen LogP contribution in [0.1, 0.15) is 0 Å². The zero-order valence-corrected chi connectivity index (χ0v) is 11.1. The number of hydrogen-bond donors (Lipinski definition) is 3. The van der Waals surface area contributed by atoms with E-state index >= 15 is 0 Å². The van der Waals surface area contributed by atoms with Crippen LogP contribution in [0.4, 0.5) is 0 Å². The van der Waals surface area contributed by atoms with Crippen molar-refractivity contribution in [2.24, 2.45) is 0 Å². The lowest BCUT2D eigenvalue weighted by atomic mass is 10.1. The van der Waals surface area contributed by atoms with E-state index in [2.05, 4.69) is 15.0 Å². The zero-order valence-electron chi connectivity index (χ0n) is 10.3. The van der Waals surface area contributed by atoms with E-state index in [4.69, 9.17) is 11.6 Å². The molecule has 0 saturated carbocycles. The van der Waals surface area contributed by atoms with E-state index < -0.39 is 0 Å². The molecule has 0 unspecified atom stereocenters. The van der Waals surface area contributed by atoms with Gasteiger partial charge in [-0.3, -0.25) is 4.79 Å². The number of nitrogens with one attached hydrogen (secondary N) is 3. The van der Waals surface area contributed by atoms with E-state index in [1.807, 2.05) is 36.5 Å². The Morgan fingerprint density at radius 2 is 1.90 bits per heavy atom. The normalized spacial score (nSPS) is 11.4. The van der Waals surface area contributed by atoms with Crippen molar-refractivity contribution in [2.45, 2.75) is 0 Å². The molecule has 0 bridgehead atoms. The molecule has 98 valence electrons. The molecule has 0 aliphatic carbocycles. The van der Waals surface area contributed by atoms with Gasteiger partial charge in [-0.2, -0.15) is 0 Å². The minimum absolute atomic E-state index is 0.136. The maximum atomic E-state index is 11.9. The summed E-state index contributed by atoms with van der Waals surface area (Å²) in [4.78, 5) is 21.3. The molecule has 1 aromatic carbocycles. The third-order valence-corrected chi connectivity index (χ3v) is 3.68. The van der Waals surface area contributed by atoms with Gasteiger partial charge in [0.05, 0.1) is 11.0 Å². The molecule has 0 aliphatic rings. The Hall–Kier alpha value is -2.46. The van der Waals surface area contributed by atoms with Gasteiger partial charge in [0.15, 0.2) is 0 Å². The number of benzene rings is 1. The van der Waals surface area contributed by atoms with Crippen molar-refractivity contribution in [1.29, 1.82) is 0 Å². The van der Waals surface area contributed by atoms with Crippen molar-refractivity contribution in [3.8, 4) is 11.3 Å². The predicted molar refractivity (Wildman–Crippen MR) is 81.2 cm³/mol. The standard InChI is InChI=1S/C15H10ClN3O/c16-8-3-4-12-9(6-8)15-14(18-12)10(7-13(20)19-15)11-2-1-5-17-11/h1-7,17-18H,(H,19,20). The summed E-state index contributed by atoms with van der Waals surface area (Å²) in [6.45, 7) is 0. The van der Waals surface area contributed by atoms with Gasteiger partial charge < -0.3 is 15.0 Å². The van der Waals surface area contributed by atoms with Crippen LogP contribution in [-0.2, 0) is 0 Å². The van der Waals surface area contributed by atoms with Crippen molar-refractivity contribution >= 4 is 33.5 Å². The summed E-state index contributed by atoms with van der Waals surface area (Å²) >= 11 is 6.04. The number of aromatic amines is 3. The molecular formula is C15H10ClN3O. The highest BCUT2D eigenvalue weighted by Gasteiger charge is 2.12. The van der Waals surface area contributed by atoms with Crippen molar-refractivity contribution in [3.05, 3.63) is 58.0 Å². The SMILES string of the molecule is O=c1cc(-c2ccc[nH]2)c2[nH]c3ccc(Cl)cc3c2[nH]1. The Balaban J connectivity index is 2.21. The molecule has 0 spiro atoms. The van der Waals surface area contributed by atoms with Crippen molar-refractivity contribution in [1.82, 2.24) is 15.0 Å². The lowest BCUT2D eigenvalue weighted by Crippen LogP contribution is -2.04. The Kier molecular flexibility index (Phi) is 2.28. The lowest BCUT2D eigenvalue weighted by molar-refractivity contribution is 1.30. The minimum Gasteiger partial charge on any atom is -0.361 e. The second-order valence-electron chi connectivity index (χ2n) is 4.70. The highest BCUT2D eigenvalue weighted by Crippen LogP contribution is 2.31. The average molecular weight is 284 g/mol. The van der Waals surface area contributed by atoms with Gasteiger partial charge in [-0.1, -0.05) is 11.6 Å². The molecule has 0 fully saturated rings. The van der Waals surface area contributed by atoms with Crippen molar-refractivity contribution in [3.63, 3.8) is 0 Å². The van der Waals surface area contributed by atoms with Crippen LogP contribution in [0.15, 0.2) is 47.4 Å². The fraction of sp³-hybridized carbons (Fsp3) is 0. The summed E-state index contributed by atoms with van der Waals surface area (Å²) in [6, 6.07) is 11.0. The van der Waals surface area contributed by atoms with Crippen molar-refractivity contribution < 1.29 is 0 Å². The Morgan fingerprint density at radius 1 is 1.00 bits per heavy atom. The van der Waals surface area contributed by atoms with Crippen LogP contribution in [0, 0.1) is 0 Å². The molecule has 0 atom stereocenters. The fourth-order valence-corrected chi connectivity index (χ4v) is 2.74. The molecule has 4 nitrogen and oxygen atoms in total. The quantitative estimate of drug-likeness (QED) is 0.490. The fourth-order valence-electron chi connectivity index (χ4n) is 2.57. The van der Waals surface area contributed by atoms with E-state index in [1.165, 1.54) is 0 Å². The van der Waals surface area contributed by atoms with Gasteiger partial charge in [-0.25, -0.2) is 0 Å². The summed E-state index contributed by atoms with van der Waals surface area (Å²) in [5, 5.41) is 1.56. The summed E-state index contributed by atoms with van der Waals surface area (Å²) < 4.78 is 0. The number of H-pyrrole nitrogens is 3. The molecule has 3 N–H and O–H groups in total. The number of aromatic nitrogens is 3. The first-order valence-electron chi connectivity index (χ1n) is 6.20. The average Bonchev–Trinajstić information content (AvgIpc) is 3.05. The van der Waals surface area contributed by atoms with Crippen LogP contribution < -0.4 is 5.56 Å². The van der Waals surface area contributed by atoms with Gasteiger partial charge in [-0.15, -0.1) is 0 Å². The zero-order chi connectivity index (χ0) is 13.7. The maximum Gasteiger partial charge on any atom is 0.249 e. The number of halogens is 1. The van der Waals surface area contributed by atoms with Gasteiger partial charge in [0.25, 0.3) is 0 Å². The van der Waals surface area contributed by atoms with Crippen molar-refractivity contribution in [2.75, 3.05) is 0 Å². The van der Waals surface area contributed by atoms with Gasteiger partial charge in [0.2, 0.25) is 5.56 Å². The molecular weight excluding hydrogens is 274 g/mol. The summed E-state index contributed by atoms with van der Waals surface area (Å²) in [5.74, 6) is 0. The Labute approximate surface area is 118 Å². The van der Waals surface area contributed by atoms with Gasteiger partial charge in [0.1, 0.15) is 0 Å². The summed E-state index contributed by atoms with van der Waals surface area (Å²) in [6.07, 6.45) is 1.84. The molecule has 4 rings (SSSR count). The largest absolute Gasteiger partial charge is 0.361 e. The number of fused-ring (bicyclic) bond motifs is 3. The van der Waals surface area contributed by atoms with Gasteiger partial charge in [-0.05, 0) is 30.3 Å². The monoisotopic (exact) mass is 283 g/mol. The Morgan fingerprint density at radius 3 is 2.70 bits per heavy atom. The maximum absolute atomic E-state index is 11.9. The highest BCUT2D eigenvalue weighted by molar-refractivity contribution is 6.31. The van der Waals surface area contributed by atoms with Crippen LogP contribution in [0.5, 0.6) is 0 Å². The third kappa shape index (κ3) is 1.58. The molecule has 0 radical (unpaired) electrons. The van der Waals surface area contributed by atoms with E-state index in [0.717, 1.165) is 33.2 Å². The van der Waals surface area contributed by atoms with Crippen LogP contribution in [0.3, 0.4) is 0 Å². The van der Waals surface area contributed by atoms with E-state index in [-0.39, 0.29) is 5.56 Å². The topological polar surface area (TPSA) is 64.4 Å². The minimum atomic E-state index is -0.136. The molecule has 0 saturated heterocycles. The van der Waals surface area contributed by atoms with Crippen LogP contribution in [-0.4, -0.2) is 15.0 Å². The smallest absolute Gasteiger partial charge is 0.249 e. The molecule has 0 aliphatic heterocycles.